The maximum Gasteiger partial charge on any atom is 0.250 e. The third-order valence-corrected chi connectivity index (χ3v) is 1.16. The third-order valence-electron chi connectivity index (χ3n) is 1.16. The molecule has 0 aliphatic heterocycles. The molecule has 0 aliphatic rings. The molecule has 1 amide bonds. The molecule has 0 aromatic carbocycles. The summed E-state index contributed by atoms with van der Waals surface area (Å²) >= 11 is 0. The van der Waals surface area contributed by atoms with Gasteiger partial charge in [0.05, 0.1) is 6.04 Å². The lowest BCUT2D eigenvalue weighted by Gasteiger charge is -2.08. The second-order valence-corrected chi connectivity index (χ2v) is 2.03. The number of nitrogens with one attached hydrogen (secondary N) is 2. The summed E-state index contributed by atoms with van der Waals surface area (Å²) in [7, 11) is 0. The molecule has 1 unspecified atom stereocenters. The molecule has 0 aliphatic carbocycles. The van der Waals surface area contributed by atoms with E-state index in [1.807, 2.05) is 13.8 Å². The maximum absolute atomic E-state index is 10.8. The molecular formula is C6H15N3O. The van der Waals surface area contributed by atoms with E-state index in [0.717, 1.165) is 0 Å². The molecular weight excluding hydrogens is 130 g/mol. The van der Waals surface area contributed by atoms with Crippen LogP contribution in [0, 0.1) is 0 Å². The largest absolute Gasteiger partial charge is 0.320 e. The van der Waals surface area contributed by atoms with Gasteiger partial charge in [-0.3, -0.25) is 10.2 Å². The first-order valence-corrected chi connectivity index (χ1v) is 3.50. The summed E-state index contributed by atoms with van der Waals surface area (Å²) in [5, 5.41) is 0. The Hall–Kier alpha value is -0.610. The van der Waals surface area contributed by atoms with Gasteiger partial charge in [-0.05, 0) is 6.42 Å². The molecule has 60 valence electrons. The quantitative estimate of drug-likeness (QED) is 0.461. The number of carbonyl (C=O) groups is 1. The maximum atomic E-state index is 10.8. The molecule has 0 spiro atoms. The molecule has 0 saturated heterocycles. The summed E-state index contributed by atoms with van der Waals surface area (Å²) in [4.78, 5) is 10.8. The van der Waals surface area contributed by atoms with E-state index < -0.39 is 0 Å². The Morgan fingerprint density at radius 1 is 1.60 bits per heavy atom. The molecule has 0 rings (SSSR count). The van der Waals surface area contributed by atoms with Gasteiger partial charge < -0.3 is 5.73 Å². The highest BCUT2D eigenvalue weighted by atomic mass is 16.2. The Morgan fingerprint density at radius 2 is 2.20 bits per heavy atom. The number of rotatable bonds is 4. The van der Waals surface area contributed by atoms with Crippen molar-refractivity contribution in [3.05, 3.63) is 0 Å². The zero-order valence-corrected chi connectivity index (χ0v) is 6.48. The lowest BCUT2D eigenvalue weighted by atomic mass is 10.2. The number of hydrazine groups is 1. The summed E-state index contributed by atoms with van der Waals surface area (Å²) in [6, 6.07) is -0.390. The van der Waals surface area contributed by atoms with Gasteiger partial charge in [0.25, 0.3) is 5.91 Å². The van der Waals surface area contributed by atoms with Gasteiger partial charge >= 0.3 is 0 Å². The van der Waals surface area contributed by atoms with Gasteiger partial charge in [0, 0.05) is 6.54 Å². The summed E-state index contributed by atoms with van der Waals surface area (Å²) in [5.74, 6) is -0.149. The van der Waals surface area contributed by atoms with Crippen LogP contribution in [-0.2, 0) is 4.79 Å². The standard InChI is InChI=1S/C6H15N3O/c1-3-5(7)6(10)9-8-4-2/h5,8H,3-4,7H2,1-2H3,(H,9,10). The minimum Gasteiger partial charge on any atom is -0.320 e. The highest BCUT2D eigenvalue weighted by Crippen LogP contribution is 1.82. The minimum absolute atomic E-state index is 0.149. The normalized spacial score (nSPS) is 12.7. The SMILES string of the molecule is CCNNC(=O)C(N)CC. The Balaban J connectivity index is 3.42. The smallest absolute Gasteiger partial charge is 0.250 e. The number of nitrogens with two attached hydrogens (primary N) is 1. The van der Waals surface area contributed by atoms with Gasteiger partial charge in [-0.25, -0.2) is 5.43 Å². The molecule has 1 atom stereocenters. The Bertz CT molecular complexity index is 105. The van der Waals surface area contributed by atoms with Crippen molar-refractivity contribution < 1.29 is 4.79 Å². The zero-order valence-electron chi connectivity index (χ0n) is 6.48. The van der Waals surface area contributed by atoms with E-state index in [1.54, 1.807) is 0 Å². The van der Waals surface area contributed by atoms with Gasteiger partial charge in [-0.1, -0.05) is 13.8 Å². The van der Waals surface area contributed by atoms with E-state index >= 15 is 0 Å². The van der Waals surface area contributed by atoms with Crippen molar-refractivity contribution in [1.29, 1.82) is 0 Å². The van der Waals surface area contributed by atoms with Crippen molar-refractivity contribution >= 4 is 5.91 Å². The highest BCUT2D eigenvalue weighted by molar-refractivity contribution is 5.80. The summed E-state index contributed by atoms with van der Waals surface area (Å²) in [6.45, 7) is 4.48. The van der Waals surface area contributed by atoms with Gasteiger partial charge in [-0.2, -0.15) is 0 Å². The van der Waals surface area contributed by atoms with E-state index in [2.05, 4.69) is 10.9 Å². The van der Waals surface area contributed by atoms with Crippen molar-refractivity contribution in [2.24, 2.45) is 5.73 Å². The first kappa shape index (κ1) is 9.39. The Kier molecular flexibility index (Phi) is 4.88. The monoisotopic (exact) mass is 145 g/mol. The number of carbonyl (C=O) groups excluding carboxylic acids is 1. The van der Waals surface area contributed by atoms with Crippen molar-refractivity contribution in [2.45, 2.75) is 26.3 Å². The van der Waals surface area contributed by atoms with Crippen LogP contribution >= 0.6 is 0 Å². The van der Waals surface area contributed by atoms with Crippen LogP contribution in [0.4, 0.5) is 0 Å². The fourth-order valence-corrected chi connectivity index (χ4v) is 0.454. The van der Waals surface area contributed by atoms with Crippen LogP contribution in [0.1, 0.15) is 20.3 Å². The van der Waals surface area contributed by atoms with E-state index in [4.69, 9.17) is 5.73 Å². The molecule has 10 heavy (non-hydrogen) atoms. The van der Waals surface area contributed by atoms with Gasteiger partial charge in [0.1, 0.15) is 0 Å². The molecule has 0 saturated carbocycles. The topological polar surface area (TPSA) is 67.1 Å². The molecule has 4 heteroatoms. The number of hydrogen-bond donors (Lipinski definition) is 3. The van der Waals surface area contributed by atoms with Crippen LogP contribution in [0.5, 0.6) is 0 Å². The number of amides is 1. The minimum atomic E-state index is -0.390. The van der Waals surface area contributed by atoms with Crippen LogP contribution in [0.3, 0.4) is 0 Å². The highest BCUT2D eigenvalue weighted by Gasteiger charge is 2.08. The number of hydrogen-bond acceptors (Lipinski definition) is 3. The molecule has 4 N–H and O–H groups in total. The van der Waals surface area contributed by atoms with Crippen molar-refractivity contribution in [3.8, 4) is 0 Å². The summed E-state index contributed by atoms with van der Waals surface area (Å²) in [5.41, 5.74) is 10.6. The molecule has 0 aromatic heterocycles. The summed E-state index contributed by atoms with van der Waals surface area (Å²) < 4.78 is 0. The average molecular weight is 145 g/mol. The van der Waals surface area contributed by atoms with E-state index in [0.29, 0.717) is 13.0 Å². The predicted octanol–water partition coefficient (Wildman–Crippen LogP) is -0.636. The second kappa shape index (κ2) is 5.20. The van der Waals surface area contributed by atoms with Crippen LogP contribution in [0.25, 0.3) is 0 Å². The Morgan fingerprint density at radius 3 is 2.60 bits per heavy atom. The van der Waals surface area contributed by atoms with Crippen LogP contribution in [0.15, 0.2) is 0 Å². The molecule has 0 radical (unpaired) electrons. The predicted molar refractivity (Wildman–Crippen MR) is 40.1 cm³/mol. The lowest BCUT2D eigenvalue weighted by Crippen LogP contribution is -2.46. The molecule has 0 heterocycles. The molecule has 4 nitrogen and oxygen atoms in total. The van der Waals surface area contributed by atoms with Crippen LogP contribution in [0.2, 0.25) is 0 Å². The molecule has 0 fully saturated rings. The first-order chi connectivity index (χ1) is 4.72. The van der Waals surface area contributed by atoms with Gasteiger partial charge in [0.2, 0.25) is 0 Å². The molecule has 0 aromatic rings. The van der Waals surface area contributed by atoms with Crippen LogP contribution < -0.4 is 16.6 Å². The van der Waals surface area contributed by atoms with Gasteiger partial charge in [-0.15, -0.1) is 0 Å². The fourth-order valence-electron chi connectivity index (χ4n) is 0.454. The van der Waals surface area contributed by atoms with Crippen LogP contribution in [-0.4, -0.2) is 18.5 Å². The van der Waals surface area contributed by atoms with E-state index in [-0.39, 0.29) is 11.9 Å². The van der Waals surface area contributed by atoms with E-state index in [1.165, 1.54) is 0 Å². The second-order valence-electron chi connectivity index (χ2n) is 2.03. The lowest BCUT2D eigenvalue weighted by molar-refractivity contribution is -0.123. The van der Waals surface area contributed by atoms with Gasteiger partial charge in [0.15, 0.2) is 0 Å². The zero-order chi connectivity index (χ0) is 7.98. The molecule has 0 bridgehead atoms. The van der Waals surface area contributed by atoms with E-state index in [9.17, 15) is 4.79 Å². The van der Waals surface area contributed by atoms with Crippen molar-refractivity contribution in [1.82, 2.24) is 10.9 Å². The third kappa shape index (κ3) is 3.42. The first-order valence-electron chi connectivity index (χ1n) is 3.50. The summed E-state index contributed by atoms with van der Waals surface area (Å²) in [6.07, 6.45) is 0.664. The fraction of sp³-hybridized carbons (Fsp3) is 0.833. The van der Waals surface area contributed by atoms with Crippen molar-refractivity contribution in [2.75, 3.05) is 6.54 Å². The van der Waals surface area contributed by atoms with Crippen molar-refractivity contribution in [3.63, 3.8) is 0 Å². The average Bonchev–Trinajstić information content (AvgIpc) is 1.98. The Labute approximate surface area is 61.1 Å².